The van der Waals surface area contributed by atoms with Gasteiger partial charge in [0.1, 0.15) is 31.0 Å². The summed E-state index contributed by atoms with van der Waals surface area (Å²) in [4.78, 5) is 87.8. The molecule has 26 nitrogen and oxygen atoms in total. The van der Waals surface area contributed by atoms with Gasteiger partial charge in [0.05, 0.1) is 132 Å². The van der Waals surface area contributed by atoms with Gasteiger partial charge in [0.2, 0.25) is 29.5 Å². The number of rotatable bonds is 43. The van der Waals surface area contributed by atoms with Crippen LogP contribution < -0.4 is 26.6 Å². The van der Waals surface area contributed by atoms with E-state index in [4.69, 9.17) is 42.6 Å². The number of nitrogens with zero attached hydrogens (tertiary/aromatic N) is 4. The summed E-state index contributed by atoms with van der Waals surface area (Å²) in [5.41, 5.74) is 1.85. The van der Waals surface area contributed by atoms with Crippen LogP contribution >= 0.6 is 0 Å². The molecule has 0 bridgehead atoms. The summed E-state index contributed by atoms with van der Waals surface area (Å²) >= 11 is 0. The molecule has 2 aliphatic rings. The van der Waals surface area contributed by atoms with Crippen LogP contribution in [0.1, 0.15) is 57.7 Å². The van der Waals surface area contributed by atoms with Crippen molar-refractivity contribution in [2.75, 3.05) is 137 Å². The summed E-state index contributed by atoms with van der Waals surface area (Å²) in [5.74, 6) is -2.79. The van der Waals surface area contributed by atoms with Crippen molar-refractivity contribution in [2.45, 2.75) is 78.2 Å². The van der Waals surface area contributed by atoms with Gasteiger partial charge in [-0.15, -0.1) is 5.10 Å². The number of anilines is 1. The van der Waals surface area contributed by atoms with Crippen LogP contribution in [-0.4, -0.2) is 210 Å². The molecule has 1 aliphatic carbocycles. The molecule has 1 aromatic carbocycles. The van der Waals surface area contributed by atoms with E-state index in [1.165, 1.54) is 24.0 Å². The van der Waals surface area contributed by atoms with Gasteiger partial charge in [-0.05, 0) is 62.1 Å². The van der Waals surface area contributed by atoms with Crippen LogP contribution in [0.5, 0.6) is 0 Å². The highest BCUT2D eigenvalue weighted by molar-refractivity contribution is 6.12. The Morgan fingerprint density at radius 2 is 1.14 bits per heavy atom. The molecule has 4 rings (SSSR count). The number of aliphatic hydroxyl groups excluding tert-OH is 1. The normalized spacial score (nSPS) is 16.1. The van der Waals surface area contributed by atoms with E-state index in [2.05, 4.69) is 36.9 Å². The van der Waals surface area contributed by atoms with E-state index < -0.39 is 42.3 Å². The first-order valence-corrected chi connectivity index (χ1v) is 26.6. The van der Waals surface area contributed by atoms with Crippen LogP contribution in [0.3, 0.4) is 0 Å². The summed E-state index contributed by atoms with van der Waals surface area (Å²) in [6.45, 7) is 11.9. The summed E-state index contributed by atoms with van der Waals surface area (Å²) < 4.78 is 51.0. The molecule has 1 aliphatic heterocycles. The van der Waals surface area contributed by atoms with E-state index in [0.29, 0.717) is 142 Å². The topological polar surface area (TPSA) is 317 Å². The van der Waals surface area contributed by atoms with Crippen molar-refractivity contribution in [2.24, 2.45) is 17.8 Å². The minimum absolute atomic E-state index is 0.0222. The zero-order valence-electron chi connectivity index (χ0n) is 45.3. The number of carbonyl (C=O) groups is 7. The first-order chi connectivity index (χ1) is 37.8. The van der Waals surface area contributed by atoms with Crippen molar-refractivity contribution >= 4 is 47.0 Å². The zero-order valence-corrected chi connectivity index (χ0v) is 45.3. The van der Waals surface area contributed by atoms with Gasteiger partial charge in [-0.3, -0.25) is 38.5 Å². The van der Waals surface area contributed by atoms with Crippen LogP contribution in [0.25, 0.3) is 0 Å². The highest BCUT2D eigenvalue weighted by Gasteiger charge is 2.32. The lowest BCUT2D eigenvalue weighted by atomic mass is 9.81. The average Bonchev–Trinajstić information content (AvgIpc) is 4.03. The molecule has 0 radical (unpaired) electrons. The predicted octanol–water partition coefficient (Wildman–Crippen LogP) is -0.332. The minimum atomic E-state index is -0.946. The number of hydrogen-bond donors (Lipinski definition) is 6. The molecule has 78 heavy (non-hydrogen) atoms. The monoisotopic (exact) mass is 1100 g/mol. The zero-order chi connectivity index (χ0) is 56.2. The number of benzene rings is 1. The fraction of sp³-hybridized carbons (Fsp3) is 0.673. The molecule has 2 heterocycles. The molecule has 2 aromatic rings. The molecule has 0 unspecified atom stereocenters. The van der Waals surface area contributed by atoms with Gasteiger partial charge >= 0.3 is 0 Å². The van der Waals surface area contributed by atoms with E-state index in [1.54, 1.807) is 49.0 Å². The average molecular weight is 1100 g/mol. The molecule has 0 spiro atoms. The van der Waals surface area contributed by atoms with Gasteiger partial charge in [0, 0.05) is 36.8 Å². The van der Waals surface area contributed by atoms with Crippen LogP contribution in [0, 0.1) is 17.8 Å². The number of imide groups is 1. The Bertz CT molecular complexity index is 2100. The van der Waals surface area contributed by atoms with E-state index >= 15 is 0 Å². The molecule has 0 saturated heterocycles. The number of hydrogen-bond acceptors (Lipinski definition) is 19. The smallest absolute Gasteiger partial charge is 0.253 e. The van der Waals surface area contributed by atoms with Crippen LogP contribution in [0.4, 0.5) is 5.69 Å². The van der Waals surface area contributed by atoms with Crippen LogP contribution in [0.15, 0.2) is 42.6 Å². The second-order valence-corrected chi connectivity index (χ2v) is 18.6. The fourth-order valence-corrected chi connectivity index (χ4v) is 7.74. The third-order valence-corrected chi connectivity index (χ3v) is 12.1. The first kappa shape index (κ1) is 64.7. The Labute approximate surface area is 455 Å². The Hall–Kier alpha value is -5.81. The molecule has 1 fully saturated rings. The Morgan fingerprint density at radius 3 is 1.67 bits per heavy atom. The van der Waals surface area contributed by atoms with Crippen molar-refractivity contribution in [3.05, 3.63) is 53.9 Å². The maximum Gasteiger partial charge on any atom is 0.253 e. The van der Waals surface area contributed by atoms with E-state index in [0.717, 1.165) is 12.8 Å². The molecule has 436 valence electrons. The fourth-order valence-electron chi connectivity index (χ4n) is 7.74. The highest BCUT2D eigenvalue weighted by Crippen LogP contribution is 2.30. The molecular weight excluding hydrogens is 1020 g/mol. The van der Waals surface area contributed by atoms with Crippen molar-refractivity contribution < 1.29 is 81.3 Å². The van der Waals surface area contributed by atoms with Gasteiger partial charge in [-0.1, -0.05) is 31.2 Å². The van der Waals surface area contributed by atoms with Crippen LogP contribution in [-0.2, 0) is 95.9 Å². The number of nitrogens with one attached hydrogen (secondary N) is 5. The van der Waals surface area contributed by atoms with Crippen molar-refractivity contribution in [3.8, 4) is 0 Å². The van der Waals surface area contributed by atoms with Gasteiger partial charge in [0.15, 0.2) is 0 Å². The molecular formula is C52H81N9O17. The first-order valence-electron chi connectivity index (χ1n) is 26.6. The molecule has 2 atom stereocenters. The third kappa shape index (κ3) is 27.2. The largest absolute Gasteiger partial charge is 0.392 e. The quantitative estimate of drug-likeness (QED) is 0.0366. The molecule has 7 amide bonds. The molecule has 6 N–H and O–H groups in total. The molecule has 1 saturated carbocycles. The summed E-state index contributed by atoms with van der Waals surface area (Å²) in [6.07, 6.45) is 7.39. The second-order valence-electron chi connectivity index (χ2n) is 18.6. The standard InChI is InChI=1S/C52H81N9O17/c1-38(2)49(52(69)55-39(3)50(67)56-43-10-6-41(35-62)7-11-43)57-46(64)37-78-36-45(63)53-14-16-70-18-20-72-22-24-74-26-28-76-30-31-77-29-27-75-25-23-73-21-19-71-17-15-60-34-44(58-59-60)32-54-51(68)42-8-4-40(5-9-42)33-61-47(65)12-13-48(61)66/h6-7,10-13,34,38-40,42,49,62H,4-5,8-9,14-33,35-37H2,1-3H3,(H,53,63)(H,54,68)(H,55,69)(H,56,67)(H,57,64)/t39-,40?,42?,49-/m0/s1. The summed E-state index contributed by atoms with van der Waals surface area (Å²) in [7, 11) is 0. The lowest BCUT2D eigenvalue weighted by molar-refractivity contribution is -0.138. The van der Waals surface area contributed by atoms with E-state index in [1.807, 2.05) is 0 Å². The molecule has 1 aromatic heterocycles. The number of aromatic nitrogens is 3. The lowest BCUT2D eigenvalue weighted by Crippen LogP contribution is -2.54. The Balaban J connectivity index is 0.823. The number of carbonyl (C=O) groups excluding carboxylic acids is 7. The molecule has 26 heteroatoms. The van der Waals surface area contributed by atoms with Crippen molar-refractivity contribution in [1.29, 1.82) is 0 Å². The van der Waals surface area contributed by atoms with Crippen molar-refractivity contribution in [1.82, 2.24) is 41.2 Å². The third-order valence-electron chi connectivity index (χ3n) is 12.1. The highest BCUT2D eigenvalue weighted by atomic mass is 16.6. The predicted molar refractivity (Wildman–Crippen MR) is 279 cm³/mol. The van der Waals surface area contributed by atoms with Gasteiger partial charge in [0.25, 0.3) is 11.8 Å². The number of ether oxygens (including phenoxy) is 9. The van der Waals surface area contributed by atoms with Crippen molar-refractivity contribution in [3.63, 3.8) is 0 Å². The van der Waals surface area contributed by atoms with Gasteiger partial charge < -0.3 is 74.3 Å². The summed E-state index contributed by atoms with van der Waals surface area (Å²) in [6, 6.07) is 4.77. The lowest BCUT2D eigenvalue weighted by Gasteiger charge is -2.29. The maximum atomic E-state index is 12.9. The second kappa shape index (κ2) is 38.7. The minimum Gasteiger partial charge on any atom is -0.392 e. The SMILES string of the molecule is CC(C)[C@H](NC(=O)COCC(=O)NCCOCCOCCOCCOCCOCCOCCOCCOCCn1cc(CNC(=O)C2CCC(CN3C(=O)C=CC3=O)CC2)nn1)C(=O)N[C@@H](C)C(=O)Nc1ccc(CO)cc1. The Morgan fingerprint density at radius 1 is 0.628 bits per heavy atom. The number of amides is 7. The van der Waals surface area contributed by atoms with E-state index in [9.17, 15) is 38.7 Å². The van der Waals surface area contributed by atoms with E-state index in [-0.39, 0.29) is 68.4 Å². The van der Waals surface area contributed by atoms with Crippen LogP contribution in [0.2, 0.25) is 0 Å². The van der Waals surface area contributed by atoms with Gasteiger partial charge in [-0.2, -0.15) is 0 Å². The Kier molecular flexibility index (Phi) is 32.1. The summed E-state index contributed by atoms with van der Waals surface area (Å²) in [5, 5.41) is 30.9. The number of aliphatic hydroxyl groups is 1. The van der Waals surface area contributed by atoms with Gasteiger partial charge in [-0.25, -0.2) is 4.68 Å². The maximum absolute atomic E-state index is 12.9.